The molecule has 3 heteroatoms. The first-order valence-corrected chi connectivity index (χ1v) is 8.47. The number of hydrogen-bond acceptors (Lipinski definition) is 3. The highest BCUT2D eigenvalue weighted by atomic mass is 32.1. The van der Waals surface area contributed by atoms with Gasteiger partial charge in [-0.05, 0) is 25.7 Å². The summed E-state index contributed by atoms with van der Waals surface area (Å²) in [4.78, 5) is 3.74. The molecule has 0 radical (unpaired) electrons. The second-order valence-electron chi connectivity index (χ2n) is 5.51. The molecule has 0 aliphatic heterocycles. The van der Waals surface area contributed by atoms with Crippen molar-refractivity contribution in [2.24, 2.45) is 0 Å². The van der Waals surface area contributed by atoms with Gasteiger partial charge in [-0.15, -0.1) is 11.3 Å². The molecule has 2 aliphatic rings. The Morgan fingerprint density at radius 2 is 1.39 bits per heavy atom. The minimum Gasteiger partial charge on any atom is -0.311 e. The van der Waals surface area contributed by atoms with Crippen LogP contribution in [0.2, 0.25) is 0 Å². The first-order valence-electron chi connectivity index (χ1n) is 7.53. The molecule has 0 bridgehead atoms. The van der Waals surface area contributed by atoms with Crippen LogP contribution in [-0.4, -0.2) is 17.1 Å². The maximum atomic E-state index is 3.86. The standard InChI is InChI=1S/C12H23N.C3H3NS/c1-3-7-11(8-4-1)13-12-9-5-2-6-10-12;1-2-5-3-4-1/h11-13H,1-10H2;1-3H. The molecule has 0 aromatic carbocycles. The van der Waals surface area contributed by atoms with Gasteiger partial charge in [0.25, 0.3) is 0 Å². The fraction of sp³-hybridized carbons (Fsp3) is 0.800. The quantitative estimate of drug-likeness (QED) is 0.859. The minimum atomic E-state index is 0.872. The van der Waals surface area contributed by atoms with Gasteiger partial charge in [0.05, 0.1) is 5.51 Å². The number of aromatic nitrogens is 1. The van der Waals surface area contributed by atoms with Crippen LogP contribution < -0.4 is 5.32 Å². The van der Waals surface area contributed by atoms with E-state index < -0.39 is 0 Å². The Morgan fingerprint density at radius 3 is 1.72 bits per heavy atom. The lowest BCUT2D eigenvalue weighted by Crippen LogP contribution is -2.40. The Kier molecular flexibility index (Phi) is 6.73. The fourth-order valence-electron chi connectivity index (χ4n) is 3.05. The molecule has 2 saturated carbocycles. The number of rotatable bonds is 2. The summed E-state index contributed by atoms with van der Waals surface area (Å²) in [5.41, 5.74) is 1.79. The van der Waals surface area contributed by atoms with Gasteiger partial charge in [0.2, 0.25) is 0 Å². The second-order valence-corrected chi connectivity index (χ2v) is 6.27. The molecular formula is C15H26N2S. The van der Waals surface area contributed by atoms with E-state index in [1.165, 1.54) is 64.2 Å². The summed E-state index contributed by atoms with van der Waals surface area (Å²) in [7, 11) is 0. The van der Waals surface area contributed by atoms with E-state index >= 15 is 0 Å². The van der Waals surface area contributed by atoms with Gasteiger partial charge in [-0.25, -0.2) is 0 Å². The molecule has 2 nitrogen and oxygen atoms in total. The summed E-state index contributed by atoms with van der Waals surface area (Å²) < 4.78 is 0. The molecule has 0 spiro atoms. The van der Waals surface area contributed by atoms with Crippen LogP contribution in [-0.2, 0) is 0 Å². The number of nitrogens with one attached hydrogen (secondary N) is 1. The van der Waals surface area contributed by atoms with Crippen molar-refractivity contribution in [3.05, 3.63) is 17.1 Å². The van der Waals surface area contributed by atoms with E-state index in [9.17, 15) is 0 Å². The molecule has 0 saturated heterocycles. The number of thiazole rings is 1. The Bertz CT molecular complexity index is 241. The van der Waals surface area contributed by atoms with Gasteiger partial charge in [-0.2, -0.15) is 0 Å². The highest BCUT2D eigenvalue weighted by Crippen LogP contribution is 2.22. The van der Waals surface area contributed by atoms with E-state index in [1.807, 2.05) is 5.38 Å². The van der Waals surface area contributed by atoms with Crippen LogP contribution in [0.5, 0.6) is 0 Å². The molecule has 2 aliphatic carbocycles. The third kappa shape index (κ3) is 5.49. The highest BCUT2D eigenvalue weighted by Gasteiger charge is 2.19. The average Bonchev–Trinajstić information content (AvgIpc) is 3.00. The summed E-state index contributed by atoms with van der Waals surface area (Å²) in [6.07, 6.45) is 16.3. The van der Waals surface area contributed by atoms with Crippen LogP contribution in [0.25, 0.3) is 0 Å². The summed E-state index contributed by atoms with van der Waals surface area (Å²) in [6.45, 7) is 0. The highest BCUT2D eigenvalue weighted by molar-refractivity contribution is 7.07. The van der Waals surface area contributed by atoms with Crippen molar-refractivity contribution in [2.45, 2.75) is 76.3 Å². The third-order valence-corrected chi connectivity index (χ3v) is 4.55. The van der Waals surface area contributed by atoms with Crippen molar-refractivity contribution < 1.29 is 0 Å². The molecule has 0 amide bonds. The maximum absolute atomic E-state index is 3.86. The van der Waals surface area contributed by atoms with Crippen molar-refractivity contribution in [2.75, 3.05) is 0 Å². The van der Waals surface area contributed by atoms with Gasteiger partial charge in [-0.3, -0.25) is 4.98 Å². The minimum absolute atomic E-state index is 0.872. The van der Waals surface area contributed by atoms with Crippen LogP contribution in [0.15, 0.2) is 17.1 Å². The molecule has 0 atom stereocenters. The second kappa shape index (κ2) is 8.65. The zero-order valence-electron chi connectivity index (χ0n) is 11.3. The van der Waals surface area contributed by atoms with E-state index in [0.717, 1.165) is 12.1 Å². The van der Waals surface area contributed by atoms with E-state index in [1.54, 1.807) is 23.0 Å². The van der Waals surface area contributed by atoms with Gasteiger partial charge in [0.1, 0.15) is 0 Å². The van der Waals surface area contributed by atoms with Crippen molar-refractivity contribution >= 4 is 11.3 Å². The summed E-state index contributed by atoms with van der Waals surface area (Å²) in [5, 5.41) is 5.79. The fourth-order valence-corrected chi connectivity index (χ4v) is 3.40. The van der Waals surface area contributed by atoms with Crippen LogP contribution in [0, 0.1) is 0 Å². The van der Waals surface area contributed by atoms with Gasteiger partial charge in [0.15, 0.2) is 0 Å². The van der Waals surface area contributed by atoms with Crippen LogP contribution >= 0.6 is 11.3 Å². The van der Waals surface area contributed by atoms with E-state index in [2.05, 4.69) is 10.3 Å². The number of hydrogen-bond donors (Lipinski definition) is 1. The molecule has 0 unspecified atom stereocenters. The Labute approximate surface area is 115 Å². The zero-order valence-corrected chi connectivity index (χ0v) is 12.1. The molecule has 18 heavy (non-hydrogen) atoms. The van der Waals surface area contributed by atoms with E-state index in [-0.39, 0.29) is 0 Å². The predicted molar refractivity (Wildman–Crippen MR) is 79.0 cm³/mol. The monoisotopic (exact) mass is 266 g/mol. The lowest BCUT2D eigenvalue weighted by molar-refractivity contribution is 0.291. The molecule has 2 fully saturated rings. The van der Waals surface area contributed by atoms with Crippen molar-refractivity contribution in [3.63, 3.8) is 0 Å². The number of nitrogens with zero attached hydrogens (tertiary/aromatic N) is 1. The SMILES string of the molecule is C1CCC(NC2CCCCC2)CC1.c1cscn1. The Hall–Kier alpha value is -0.410. The van der Waals surface area contributed by atoms with Gasteiger partial charge < -0.3 is 5.32 Å². The first-order chi connectivity index (χ1) is 8.95. The molecule has 3 rings (SSSR count). The summed E-state index contributed by atoms with van der Waals surface area (Å²) in [6, 6.07) is 1.74. The van der Waals surface area contributed by atoms with Crippen LogP contribution in [0.1, 0.15) is 64.2 Å². The van der Waals surface area contributed by atoms with Gasteiger partial charge in [-0.1, -0.05) is 38.5 Å². The van der Waals surface area contributed by atoms with Gasteiger partial charge >= 0.3 is 0 Å². The molecule has 102 valence electrons. The summed E-state index contributed by atoms with van der Waals surface area (Å²) >= 11 is 1.60. The first kappa shape index (κ1) is 14.0. The molecule has 1 heterocycles. The Balaban J connectivity index is 0.000000202. The Morgan fingerprint density at radius 1 is 0.833 bits per heavy atom. The zero-order chi connectivity index (χ0) is 12.5. The molecule has 1 aromatic heterocycles. The normalized spacial score (nSPS) is 22.2. The largest absolute Gasteiger partial charge is 0.311 e. The summed E-state index contributed by atoms with van der Waals surface area (Å²) in [5.74, 6) is 0. The van der Waals surface area contributed by atoms with Gasteiger partial charge in [0, 0.05) is 23.7 Å². The van der Waals surface area contributed by atoms with Crippen LogP contribution in [0.4, 0.5) is 0 Å². The third-order valence-electron chi connectivity index (χ3n) is 4.03. The average molecular weight is 266 g/mol. The predicted octanol–water partition coefficient (Wildman–Crippen LogP) is 4.38. The van der Waals surface area contributed by atoms with Crippen LogP contribution in [0.3, 0.4) is 0 Å². The lowest BCUT2D eigenvalue weighted by atomic mass is 9.91. The van der Waals surface area contributed by atoms with Crippen molar-refractivity contribution in [3.8, 4) is 0 Å². The molecular weight excluding hydrogens is 240 g/mol. The lowest BCUT2D eigenvalue weighted by Gasteiger charge is -2.30. The molecule has 1 N–H and O–H groups in total. The van der Waals surface area contributed by atoms with E-state index in [0.29, 0.717) is 0 Å². The topological polar surface area (TPSA) is 24.9 Å². The van der Waals surface area contributed by atoms with Crippen molar-refractivity contribution in [1.29, 1.82) is 0 Å². The van der Waals surface area contributed by atoms with Crippen molar-refractivity contribution in [1.82, 2.24) is 10.3 Å². The molecule has 1 aromatic rings. The van der Waals surface area contributed by atoms with E-state index in [4.69, 9.17) is 0 Å². The maximum Gasteiger partial charge on any atom is 0.0791 e. The smallest absolute Gasteiger partial charge is 0.0791 e.